The highest BCUT2D eigenvalue weighted by atomic mass is 16.5. The standard InChI is InChI=1S/C24H25NO3/c1-4-27-23-15-20(24(26)25-21-12-8-9-17(2)18(21)3)13-14-22(23)28-16-19-10-6-5-7-11-19/h5-15H,4,16H2,1-3H3,(H,25,26). The van der Waals surface area contributed by atoms with Crippen LogP contribution in [0.25, 0.3) is 0 Å². The Morgan fingerprint density at radius 2 is 1.68 bits per heavy atom. The van der Waals surface area contributed by atoms with Crippen molar-refractivity contribution in [3.8, 4) is 11.5 Å². The molecule has 0 saturated heterocycles. The Labute approximate surface area is 166 Å². The number of ether oxygens (including phenoxy) is 2. The molecule has 0 saturated carbocycles. The van der Waals surface area contributed by atoms with Crippen LogP contribution in [-0.4, -0.2) is 12.5 Å². The predicted octanol–water partition coefficient (Wildman–Crippen LogP) is 5.53. The summed E-state index contributed by atoms with van der Waals surface area (Å²) in [5.74, 6) is 1.00. The molecule has 0 spiro atoms. The van der Waals surface area contributed by atoms with E-state index >= 15 is 0 Å². The van der Waals surface area contributed by atoms with E-state index in [1.807, 2.05) is 69.3 Å². The summed E-state index contributed by atoms with van der Waals surface area (Å²) < 4.78 is 11.6. The maximum atomic E-state index is 12.7. The average molecular weight is 375 g/mol. The van der Waals surface area contributed by atoms with Gasteiger partial charge in [-0.15, -0.1) is 0 Å². The van der Waals surface area contributed by atoms with E-state index in [1.165, 1.54) is 0 Å². The second-order valence-electron chi connectivity index (χ2n) is 6.57. The van der Waals surface area contributed by atoms with E-state index in [9.17, 15) is 4.79 Å². The van der Waals surface area contributed by atoms with E-state index in [0.717, 1.165) is 22.4 Å². The smallest absolute Gasteiger partial charge is 0.255 e. The second-order valence-corrected chi connectivity index (χ2v) is 6.57. The molecule has 4 nitrogen and oxygen atoms in total. The van der Waals surface area contributed by atoms with Gasteiger partial charge in [0.15, 0.2) is 11.5 Å². The number of rotatable bonds is 7. The number of anilines is 1. The molecule has 28 heavy (non-hydrogen) atoms. The summed E-state index contributed by atoms with van der Waals surface area (Å²) >= 11 is 0. The van der Waals surface area contributed by atoms with Gasteiger partial charge in [0.25, 0.3) is 5.91 Å². The van der Waals surface area contributed by atoms with Crippen LogP contribution in [0.4, 0.5) is 5.69 Å². The molecule has 144 valence electrons. The average Bonchev–Trinajstić information content (AvgIpc) is 2.71. The lowest BCUT2D eigenvalue weighted by Gasteiger charge is -2.14. The number of carbonyl (C=O) groups excluding carboxylic acids is 1. The second kappa shape index (κ2) is 9.09. The third-order valence-electron chi connectivity index (χ3n) is 4.60. The first-order valence-corrected chi connectivity index (χ1v) is 9.39. The number of benzene rings is 3. The molecule has 4 heteroatoms. The Hall–Kier alpha value is -3.27. The first kappa shape index (κ1) is 19.5. The minimum absolute atomic E-state index is 0.177. The summed E-state index contributed by atoms with van der Waals surface area (Å²) in [5, 5.41) is 2.98. The monoisotopic (exact) mass is 375 g/mol. The minimum atomic E-state index is -0.177. The third-order valence-corrected chi connectivity index (χ3v) is 4.60. The molecule has 1 amide bonds. The Bertz CT molecular complexity index is 951. The van der Waals surface area contributed by atoms with Gasteiger partial charge in [-0.2, -0.15) is 0 Å². The fourth-order valence-corrected chi connectivity index (χ4v) is 2.85. The molecule has 0 atom stereocenters. The van der Waals surface area contributed by atoms with Crippen molar-refractivity contribution >= 4 is 11.6 Å². The van der Waals surface area contributed by atoms with E-state index < -0.39 is 0 Å². The van der Waals surface area contributed by atoms with Crippen LogP contribution in [0.15, 0.2) is 66.7 Å². The zero-order valence-electron chi connectivity index (χ0n) is 16.5. The van der Waals surface area contributed by atoms with Crippen molar-refractivity contribution in [1.82, 2.24) is 0 Å². The molecule has 3 rings (SSSR count). The van der Waals surface area contributed by atoms with E-state index in [-0.39, 0.29) is 5.91 Å². The van der Waals surface area contributed by atoms with Crippen LogP contribution in [0.3, 0.4) is 0 Å². The Morgan fingerprint density at radius 1 is 0.893 bits per heavy atom. The van der Waals surface area contributed by atoms with E-state index in [0.29, 0.717) is 30.3 Å². The molecule has 0 aliphatic carbocycles. The van der Waals surface area contributed by atoms with Gasteiger partial charge in [-0.3, -0.25) is 4.79 Å². The van der Waals surface area contributed by atoms with Gasteiger partial charge in [-0.05, 0) is 61.7 Å². The zero-order chi connectivity index (χ0) is 19.9. The maximum Gasteiger partial charge on any atom is 0.255 e. The van der Waals surface area contributed by atoms with E-state index in [4.69, 9.17) is 9.47 Å². The molecule has 3 aromatic rings. The van der Waals surface area contributed by atoms with Crippen LogP contribution < -0.4 is 14.8 Å². The van der Waals surface area contributed by atoms with Crippen LogP contribution in [0.2, 0.25) is 0 Å². The molecule has 0 aliphatic heterocycles. The predicted molar refractivity (Wildman–Crippen MR) is 112 cm³/mol. The summed E-state index contributed by atoms with van der Waals surface area (Å²) in [6, 6.07) is 21.1. The number of amides is 1. The highest BCUT2D eigenvalue weighted by Crippen LogP contribution is 2.30. The van der Waals surface area contributed by atoms with Gasteiger partial charge >= 0.3 is 0 Å². The topological polar surface area (TPSA) is 47.6 Å². The summed E-state index contributed by atoms with van der Waals surface area (Å²) in [5.41, 5.74) is 4.60. The van der Waals surface area contributed by atoms with Crippen molar-refractivity contribution in [3.05, 3.63) is 89.0 Å². The normalized spacial score (nSPS) is 10.4. The van der Waals surface area contributed by atoms with Gasteiger partial charge < -0.3 is 14.8 Å². The molecule has 1 N–H and O–H groups in total. The van der Waals surface area contributed by atoms with Crippen LogP contribution in [0, 0.1) is 13.8 Å². The Morgan fingerprint density at radius 3 is 2.43 bits per heavy atom. The van der Waals surface area contributed by atoms with Crippen molar-refractivity contribution in [1.29, 1.82) is 0 Å². The van der Waals surface area contributed by atoms with Crippen molar-refractivity contribution in [2.45, 2.75) is 27.4 Å². The SMILES string of the molecule is CCOc1cc(C(=O)Nc2cccc(C)c2C)ccc1OCc1ccccc1. The molecule has 0 bridgehead atoms. The van der Waals surface area contributed by atoms with Crippen molar-refractivity contribution in [3.63, 3.8) is 0 Å². The lowest BCUT2D eigenvalue weighted by atomic mass is 10.1. The van der Waals surface area contributed by atoms with Crippen LogP contribution in [0.5, 0.6) is 11.5 Å². The molecule has 0 radical (unpaired) electrons. The number of nitrogens with one attached hydrogen (secondary N) is 1. The number of carbonyl (C=O) groups is 1. The Balaban J connectivity index is 1.77. The molecule has 3 aromatic carbocycles. The fourth-order valence-electron chi connectivity index (χ4n) is 2.85. The molecule has 0 fully saturated rings. The number of aryl methyl sites for hydroxylation is 1. The maximum absolute atomic E-state index is 12.7. The quantitative estimate of drug-likeness (QED) is 0.590. The van der Waals surface area contributed by atoms with E-state index in [1.54, 1.807) is 18.2 Å². The molecular formula is C24H25NO3. The van der Waals surface area contributed by atoms with Crippen LogP contribution in [-0.2, 0) is 6.61 Å². The zero-order valence-corrected chi connectivity index (χ0v) is 16.5. The highest BCUT2D eigenvalue weighted by molar-refractivity contribution is 6.05. The molecular weight excluding hydrogens is 350 g/mol. The lowest BCUT2D eigenvalue weighted by molar-refractivity contribution is 0.102. The van der Waals surface area contributed by atoms with Gasteiger partial charge in [0.1, 0.15) is 6.61 Å². The van der Waals surface area contributed by atoms with Gasteiger partial charge in [0, 0.05) is 11.3 Å². The molecule has 0 aromatic heterocycles. The minimum Gasteiger partial charge on any atom is -0.490 e. The first-order valence-electron chi connectivity index (χ1n) is 9.39. The van der Waals surface area contributed by atoms with Crippen LogP contribution >= 0.6 is 0 Å². The lowest BCUT2D eigenvalue weighted by Crippen LogP contribution is -2.13. The van der Waals surface area contributed by atoms with Crippen molar-refractivity contribution in [2.75, 3.05) is 11.9 Å². The first-order chi connectivity index (χ1) is 13.6. The van der Waals surface area contributed by atoms with Gasteiger partial charge in [0.05, 0.1) is 6.61 Å². The molecule has 0 heterocycles. The van der Waals surface area contributed by atoms with Crippen molar-refractivity contribution in [2.24, 2.45) is 0 Å². The van der Waals surface area contributed by atoms with E-state index in [2.05, 4.69) is 5.32 Å². The van der Waals surface area contributed by atoms with Crippen molar-refractivity contribution < 1.29 is 14.3 Å². The van der Waals surface area contributed by atoms with Crippen LogP contribution in [0.1, 0.15) is 34.0 Å². The highest BCUT2D eigenvalue weighted by Gasteiger charge is 2.13. The summed E-state index contributed by atoms with van der Waals surface area (Å²) in [6.45, 7) is 6.86. The molecule has 0 aliphatic rings. The van der Waals surface area contributed by atoms with Gasteiger partial charge in [0.2, 0.25) is 0 Å². The molecule has 0 unspecified atom stereocenters. The summed E-state index contributed by atoms with van der Waals surface area (Å²) in [6.07, 6.45) is 0. The van der Waals surface area contributed by atoms with Gasteiger partial charge in [-0.25, -0.2) is 0 Å². The number of hydrogen-bond acceptors (Lipinski definition) is 3. The van der Waals surface area contributed by atoms with Gasteiger partial charge in [-0.1, -0.05) is 42.5 Å². The largest absolute Gasteiger partial charge is 0.490 e. The number of hydrogen-bond donors (Lipinski definition) is 1. The fraction of sp³-hybridized carbons (Fsp3) is 0.208. The summed E-state index contributed by atoms with van der Waals surface area (Å²) in [7, 11) is 0. The Kier molecular flexibility index (Phi) is 6.33. The summed E-state index contributed by atoms with van der Waals surface area (Å²) in [4.78, 5) is 12.7. The third kappa shape index (κ3) is 4.71.